The maximum atomic E-state index is 11.5. The van der Waals surface area contributed by atoms with Crippen molar-refractivity contribution in [1.82, 2.24) is 16.0 Å². The number of carbonyl (C=O) groups excluding carboxylic acids is 2. The average molecular weight is 354 g/mol. The Morgan fingerprint density at radius 3 is 2.40 bits per heavy atom. The molecule has 1 amide bonds. The van der Waals surface area contributed by atoms with Crippen LogP contribution in [0.25, 0.3) is 0 Å². The van der Waals surface area contributed by atoms with E-state index in [2.05, 4.69) is 20.9 Å². The molecule has 0 heterocycles. The fourth-order valence-electron chi connectivity index (χ4n) is 2.36. The van der Waals surface area contributed by atoms with Crippen LogP contribution in [0.3, 0.4) is 0 Å². The molecule has 0 spiro atoms. The smallest absolute Gasteiger partial charge is 0.305 e. The van der Waals surface area contributed by atoms with Gasteiger partial charge in [0, 0.05) is 38.5 Å². The zero-order valence-corrected chi connectivity index (χ0v) is 15.7. The summed E-state index contributed by atoms with van der Waals surface area (Å²) in [4.78, 5) is 27.3. The molecule has 0 bridgehead atoms. The van der Waals surface area contributed by atoms with Crippen LogP contribution in [0.2, 0.25) is 0 Å². The van der Waals surface area contributed by atoms with Crippen LogP contribution >= 0.6 is 0 Å². The van der Waals surface area contributed by atoms with Gasteiger partial charge in [-0.15, -0.1) is 0 Å². The summed E-state index contributed by atoms with van der Waals surface area (Å²) in [5.41, 5.74) is 0. The lowest BCUT2D eigenvalue weighted by Crippen LogP contribution is -2.41. The van der Waals surface area contributed by atoms with Crippen LogP contribution in [-0.4, -0.2) is 50.6 Å². The number of guanidine groups is 1. The molecule has 1 aliphatic carbocycles. The topological polar surface area (TPSA) is 91.8 Å². The van der Waals surface area contributed by atoms with Crippen LogP contribution < -0.4 is 16.0 Å². The van der Waals surface area contributed by atoms with E-state index in [1.165, 1.54) is 0 Å². The number of nitrogens with one attached hydrogen (secondary N) is 3. The van der Waals surface area contributed by atoms with E-state index >= 15 is 0 Å². The van der Waals surface area contributed by atoms with E-state index in [-0.39, 0.29) is 17.8 Å². The van der Waals surface area contributed by atoms with Gasteiger partial charge in [0.1, 0.15) is 0 Å². The summed E-state index contributed by atoms with van der Waals surface area (Å²) in [6.45, 7) is 7.16. The predicted molar refractivity (Wildman–Crippen MR) is 99.4 cm³/mol. The van der Waals surface area contributed by atoms with Gasteiger partial charge in [0.25, 0.3) is 0 Å². The third-order valence-electron chi connectivity index (χ3n) is 3.87. The molecular weight excluding hydrogens is 320 g/mol. The first kappa shape index (κ1) is 21.3. The van der Waals surface area contributed by atoms with Crippen molar-refractivity contribution in [2.45, 2.75) is 58.8 Å². The third-order valence-corrected chi connectivity index (χ3v) is 3.87. The van der Waals surface area contributed by atoms with E-state index < -0.39 is 0 Å². The van der Waals surface area contributed by atoms with E-state index in [0.717, 1.165) is 57.6 Å². The summed E-state index contributed by atoms with van der Waals surface area (Å²) < 4.78 is 4.90. The Morgan fingerprint density at radius 1 is 1.00 bits per heavy atom. The second kappa shape index (κ2) is 13.5. The summed E-state index contributed by atoms with van der Waals surface area (Å²) in [6.07, 6.45) is 6.52. The molecule has 1 fully saturated rings. The zero-order chi connectivity index (χ0) is 18.3. The molecule has 0 radical (unpaired) electrons. The number of rotatable bonds is 13. The molecule has 144 valence electrons. The Hall–Kier alpha value is -1.79. The standard InChI is InChI=1S/C18H34N4O3/c1-3-19-18(22-14-13-20-17(24)15-10-11-15)21-12-8-6-5-7-9-16(23)25-4-2/h15H,3-14H2,1-2H3,(H,20,24)(H2,19,21,22). The van der Waals surface area contributed by atoms with E-state index in [1.807, 2.05) is 13.8 Å². The molecule has 1 saturated carbocycles. The molecular formula is C18H34N4O3. The number of hydrogen-bond donors (Lipinski definition) is 3. The SMILES string of the molecule is CCNC(=NCCCCCCC(=O)OCC)NCCNC(=O)C1CC1. The minimum absolute atomic E-state index is 0.104. The Kier molecular flexibility index (Phi) is 11.5. The van der Waals surface area contributed by atoms with Crippen LogP contribution in [0, 0.1) is 5.92 Å². The van der Waals surface area contributed by atoms with Crippen molar-refractivity contribution in [1.29, 1.82) is 0 Å². The summed E-state index contributed by atoms with van der Waals surface area (Å²) in [7, 11) is 0. The van der Waals surface area contributed by atoms with E-state index in [4.69, 9.17) is 4.74 Å². The maximum Gasteiger partial charge on any atom is 0.305 e. The fourth-order valence-corrected chi connectivity index (χ4v) is 2.36. The molecule has 7 nitrogen and oxygen atoms in total. The van der Waals surface area contributed by atoms with Crippen molar-refractivity contribution in [2.75, 3.05) is 32.8 Å². The van der Waals surface area contributed by atoms with Gasteiger partial charge in [0.2, 0.25) is 5.91 Å². The molecule has 1 aliphatic rings. The van der Waals surface area contributed by atoms with E-state index in [0.29, 0.717) is 26.1 Å². The van der Waals surface area contributed by atoms with Gasteiger partial charge in [-0.1, -0.05) is 12.8 Å². The van der Waals surface area contributed by atoms with Gasteiger partial charge in [-0.25, -0.2) is 0 Å². The fraction of sp³-hybridized carbons (Fsp3) is 0.833. The van der Waals surface area contributed by atoms with Crippen LogP contribution in [0.1, 0.15) is 58.8 Å². The van der Waals surface area contributed by atoms with E-state index in [1.54, 1.807) is 0 Å². The van der Waals surface area contributed by atoms with Gasteiger partial charge in [0.05, 0.1) is 6.61 Å². The number of nitrogens with zero attached hydrogens (tertiary/aromatic N) is 1. The molecule has 7 heteroatoms. The summed E-state index contributed by atoms with van der Waals surface area (Å²) >= 11 is 0. The molecule has 0 atom stereocenters. The predicted octanol–water partition coefficient (Wildman–Crippen LogP) is 1.58. The van der Waals surface area contributed by atoms with Gasteiger partial charge in [-0.3, -0.25) is 14.6 Å². The van der Waals surface area contributed by atoms with Crippen molar-refractivity contribution in [3.8, 4) is 0 Å². The first-order chi connectivity index (χ1) is 12.2. The molecule has 1 rings (SSSR count). The highest BCUT2D eigenvalue weighted by molar-refractivity contribution is 5.81. The second-order valence-corrected chi connectivity index (χ2v) is 6.22. The molecule has 25 heavy (non-hydrogen) atoms. The molecule has 0 aromatic rings. The monoisotopic (exact) mass is 354 g/mol. The number of hydrogen-bond acceptors (Lipinski definition) is 4. The molecule has 0 saturated heterocycles. The van der Waals surface area contributed by atoms with Crippen LogP contribution in [-0.2, 0) is 14.3 Å². The van der Waals surface area contributed by atoms with Gasteiger partial charge in [-0.05, 0) is 39.5 Å². The number of unbranched alkanes of at least 4 members (excludes halogenated alkanes) is 3. The minimum Gasteiger partial charge on any atom is -0.466 e. The first-order valence-corrected chi connectivity index (χ1v) is 9.62. The van der Waals surface area contributed by atoms with Gasteiger partial charge < -0.3 is 20.7 Å². The van der Waals surface area contributed by atoms with Crippen molar-refractivity contribution in [3.05, 3.63) is 0 Å². The summed E-state index contributed by atoms with van der Waals surface area (Å²) in [6, 6.07) is 0. The van der Waals surface area contributed by atoms with Gasteiger partial charge >= 0.3 is 5.97 Å². The Balaban J connectivity index is 2.04. The number of ether oxygens (including phenoxy) is 1. The minimum atomic E-state index is -0.104. The highest BCUT2D eigenvalue weighted by Crippen LogP contribution is 2.28. The van der Waals surface area contributed by atoms with Crippen molar-refractivity contribution >= 4 is 17.8 Å². The molecule has 0 aliphatic heterocycles. The Bertz CT molecular complexity index is 423. The van der Waals surface area contributed by atoms with Crippen LogP contribution in [0.15, 0.2) is 4.99 Å². The molecule has 3 N–H and O–H groups in total. The Morgan fingerprint density at radius 2 is 1.72 bits per heavy atom. The molecule has 0 aromatic heterocycles. The second-order valence-electron chi connectivity index (χ2n) is 6.22. The molecule has 0 unspecified atom stereocenters. The Labute approximate surface area is 151 Å². The van der Waals surface area contributed by atoms with Gasteiger partial charge in [-0.2, -0.15) is 0 Å². The largest absolute Gasteiger partial charge is 0.466 e. The van der Waals surface area contributed by atoms with Crippen molar-refractivity contribution in [2.24, 2.45) is 10.9 Å². The first-order valence-electron chi connectivity index (χ1n) is 9.62. The highest BCUT2D eigenvalue weighted by Gasteiger charge is 2.28. The normalized spacial score (nSPS) is 14.1. The zero-order valence-electron chi connectivity index (χ0n) is 15.7. The lowest BCUT2D eigenvalue weighted by molar-refractivity contribution is -0.143. The summed E-state index contributed by atoms with van der Waals surface area (Å²) in [5.74, 6) is 1.11. The summed E-state index contributed by atoms with van der Waals surface area (Å²) in [5, 5.41) is 9.36. The van der Waals surface area contributed by atoms with Gasteiger partial charge in [0.15, 0.2) is 5.96 Å². The third kappa shape index (κ3) is 11.4. The number of esters is 1. The highest BCUT2D eigenvalue weighted by atomic mass is 16.5. The van der Waals surface area contributed by atoms with Crippen molar-refractivity contribution in [3.63, 3.8) is 0 Å². The van der Waals surface area contributed by atoms with Crippen LogP contribution in [0.4, 0.5) is 0 Å². The number of aliphatic imine (C=N–C) groups is 1. The number of carbonyl (C=O) groups is 2. The van der Waals surface area contributed by atoms with E-state index in [9.17, 15) is 9.59 Å². The van der Waals surface area contributed by atoms with Crippen LogP contribution in [0.5, 0.6) is 0 Å². The molecule has 0 aromatic carbocycles. The lowest BCUT2D eigenvalue weighted by Gasteiger charge is -2.11. The number of amides is 1. The lowest BCUT2D eigenvalue weighted by atomic mass is 10.1. The maximum absolute atomic E-state index is 11.5. The average Bonchev–Trinajstić information content (AvgIpc) is 3.42. The quantitative estimate of drug-likeness (QED) is 0.202. The van der Waals surface area contributed by atoms with Crippen molar-refractivity contribution < 1.29 is 14.3 Å².